The Balaban J connectivity index is 1.92. The summed E-state index contributed by atoms with van der Waals surface area (Å²) in [6, 6.07) is 0. The largest absolute Gasteiger partial charge is 0.0843 e. The minimum Gasteiger partial charge on any atom is -0.0843 e. The van der Waals surface area contributed by atoms with Crippen molar-refractivity contribution in [2.24, 2.45) is 5.92 Å². The molecule has 0 radical (unpaired) electrons. The Hall–Kier alpha value is -0.520. The molecule has 0 amide bonds. The highest BCUT2D eigenvalue weighted by atomic mass is 14.2. The van der Waals surface area contributed by atoms with Crippen molar-refractivity contribution in [3.63, 3.8) is 0 Å². The minimum absolute atomic E-state index is 0.909. The van der Waals surface area contributed by atoms with Crippen molar-refractivity contribution in [2.75, 3.05) is 0 Å². The standard InChI is InChI=1S/C13H20/c1-3-7-12(8-4-1)11-13-9-5-2-6-10-13/h3,7,11,13H,1-2,4-6,8-10H2/b12-11+. The summed E-state index contributed by atoms with van der Waals surface area (Å²) >= 11 is 0. The van der Waals surface area contributed by atoms with Gasteiger partial charge in [0.25, 0.3) is 0 Å². The highest BCUT2D eigenvalue weighted by Gasteiger charge is 2.11. The zero-order valence-electron chi connectivity index (χ0n) is 8.47. The Labute approximate surface area is 81.7 Å². The second kappa shape index (κ2) is 4.64. The van der Waals surface area contributed by atoms with E-state index in [9.17, 15) is 0 Å². The van der Waals surface area contributed by atoms with Crippen molar-refractivity contribution >= 4 is 0 Å². The summed E-state index contributed by atoms with van der Waals surface area (Å²) in [6.45, 7) is 0. The monoisotopic (exact) mass is 176 g/mol. The molecule has 0 spiro atoms. The number of allylic oxidation sites excluding steroid dienone is 4. The fourth-order valence-electron chi connectivity index (χ4n) is 2.48. The van der Waals surface area contributed by atoms with Gasteiger partial charge in [0.05, 0.1) is 0 Å². The average molecular weight is 176 g/mol. The van der Waals surface area contributed by atoms with E-state index in [0.29, 0.717) is 0 Å². The minimum atomic E-state index is 0.909. The Morgan fingerprint density at radius 3 is 2.62 bits per heavy atom. The van der Waals surface area contributed by atoms with E-state index < -0.39 is 0 Å². The maximum atomic E-state index is 2.55. The molecule has 0 aromatic carbocycles. The Morgan fingerprint density at radius 2 is 1.92 bits per heavy atom. The van der Waals surface area contributed by atoms with Crippen LogP contribution >= 0.6 is 0 Å². The predicted octanol–water partition coefficient (Wildman–Crippen LogP) is 4.23. The molecule has 1 saturated carbocycles. The summed E-state index contributed by atoms with van der Waals surface area (Å²) in [6.07, 6.45) is 18.5. The van der Waals surface area contributed by atoms with Crippen LogP contribution in [0.4, 0.5) is 0 Å². The van der Waals surface area contributed by atoms with Gasteiger partial charge in [-0.3, -0.25) is 0 Å². The summed E-state index contributed by atoms with van der Waals surface area (Å²) < 4.78 is 0. The lowest BCUT2D eigenvalue weighted by atomic mass is 9.86. The first-order chi connectivity index (χ1) is 6.45. The van der Waals surface area contributed by atoms with E-state index >= 15 is 0 Å². The normalized spacial score (nSPS) is 28.2. The molecule has 0 aromatic rings. The van der Waals surface area contributed by atoms with Crippen LogP contribution in [0.25, 0.3) is 0 Å². The van der Waals surface area contributed by atoms with E-state index in [4.69, 9.17) is 0 Å². The van der Waals surface area contributed by atoms with Gasteiger partial charge in [0.2, 0.25) is 0 Å². The Kier molecular flexibility index (Phi) is 3.23. The van der Waals surface area contributed by atoms with E-state index in [1.54, 1.807) is 5.57 Å². The molecule has 0 aliphatic heterocycles. The van der Waals surface area contributed by atoms with Crippen molar-refractivity contribution in [3.05, 3.63) is 23.8 Å². The van der Waals surface area contributed by atoms with Crippen molar-refractivity contribution < 1.29 is 0 Å². The van der Waals surface area contributed by atoms with Crippen LogP contribution in [-0.4, -0.2) is 0 Å². The predicted molar refractivity (Wildman–Crippen MR) is 57.6 cm³/mol. The van der Waals surface area contributed by atoms with E-state index in [0.717, 1.165) is 5.92 Å². The van der Waals surface area contributed by atoms with Gasteiger partial charge in [0, 0.05) is 0 Å². The third-order valence-corrected chi connectivity index (χ3v) is 3.27. The van der Waals surface area contributed by atoms with Crippen LogP contribution in [0, 0.1) is 5.92 Å². The highest BCUT2D eigenvalue weighted by Crippen LogP contribution is 2.27. The fourth-order valence-corrected chi connectivity index (χ4v) is 2.48. The van der Waals surface area contributed by atoms with Crippen molar-refractivity contribution in [2.45, 2.75) is 51.4 Å². The van der Waals surface area contributed by atoms with Gasteiger partial charge in [-0.1, -0.05) is 43.1 Å². The number of hydrogen-bond acceptors (Lipinski definition) is 0. The zero-order valence-corrected chi connectivity index (χ0v) is 8.47. The Bertz CT molecular complexity index is 204. The van der Waals surface area contributed by atoms with E-state index in [1.165, 1.54) is 51.4 Å². The van der Waals surface area contributed by atoms with Gasteiger partial charge in [-0.15, -0.1) is 0 Å². The first kappa shape index (κ1) is 9.05. The fraction of sp³-hybridized carbons (Fsp3) is 0.692. The second-order valence-electron chi connectivity index (χ2n) is 4.43. The average Bonchev–Trinajstić information content (AvgIpc) is 2.21. The quantitative estimate of drug-likeness (QED) is 0.560. The molecule has 2 aliphatic rings. The molecule has 1 fully saturated rings. The van der Waals surface area contributed by atoms with Crippen LogP contribution in [0.15, 0.2) is 23.8 Å². The summed E-state index contributed by atoms with van der Waals surface area (Å²) in [4.78, 5) is 0. The molecule has 0 heteroatoms. The molecule has 0 unspecified atom stereocenters. The van der Waals surface area contributed by atoms with Crippen LogP contribution < -0.4 is 0 Å². The third kappa shape index (κ3) is 2.72. The molecule has 0 bridgehead atoms. The summed E-state index contributed by atoms with van der Waals surface area (Å²) in [5.74, 6) is 0.909. The van der Waals surface area contributed by atoms with Gasteiger partial charge in [0.15, 0.2) is 0 Å². The van der Waals surface area contributed by atoms with Crippen LogP contribution in [0.3, 0.4) is 0 Å². The van der Waals surface area contributed by atoms with Crippen LogP contribution in [0.1, 0.15) is 51.4 Å². The smallest absolute Gasteiger partial charge is 0.0228 e. The van der Waals surface area contributed by atoms with Crippen molar-refractivity contribution in [1.82, 2.24) is 0 Å². The molecule has 0 atom stereocenters. The number of hydrogen-bond donors (Lipinski definition) is 0. The summed E-state index contributed by atoms with van der Waals surface area (Å²) in [5.41, 5.74) is 1.61. The first-order valence-corrected chi connectivity index (χ1v) is 5.82. The van der Waals surface area contributed by atoms with Gasteiger partial charge in [-0.05, 0) is 38.0 Å². The SMILES string of the molecule is C1=C/C(=C\C2CCCCC2)CCC1. The molecule has 0 nitrogen and oxygen atoms in total. The first-order valence-electron chi connectivity index (χ1n) is 5.82. The lowest BCUT2D eigenvalue weighted by molar-refractivity contribution is 0.417. The topological polar surface area (TPSA) is 0 Å². The van der Waals surface area contributed by atoms with Gasteiger partial charge in [-0.25, -0.2) is 0 Å². The second-order valence-corrected chi connectivity index (χ2v) is 4.43. The molecule has 2 aliphatic carbocycles. The van der Waals surface area contributed by atoms with E-state index in [2.05, 4.69) is 18.2 Å². The molecule has 72 valence electrons. The van der Waals surface area contributed by atoms with Crippen molar-refractivity contribution in [3.8, 4) is 0 Å². The highest BCUT2D eigenvalue weighted by molar-refractivity contribution is 5.22. The third-order valence-electron chi connectivity index (χ3n) is 3.27. The van der Waals surface area contributed by atoms with E-state index in [1.807, 2.05) is 0 Å². The van der Waals surface area contributed by atoms with Crippen LogP contribution in [0.2, 0.25) is 0 Å². The maximum absolute atomic E-state index is 2.55. The van der Waals surface area contributed by atoms with Gasteiger partial charge < -0.3 is 0 Å². The van der Waals surface area contributed by atoms with Gasteiger partial charge in [0.1, 0.15) is 0 Å². The lowest BCUT2D eigenvalue weighted by Crippen LogP contribution is -2.04. The summed E-state index contributed by atoms with van der Waals surface area (Å²) in [5, 5.41) is 0. The molecule has 0 aromatic heterocycles. The van der Waals surface area contributed by atoms with Gasteiger partial charge in [-0.2, -0.15) is 0 Å². The lowest BCUT2D eigenvalue weighted by Gasteiger charge is -2.19. The summed E-state index contributed by atoms with van der Waals surface area (Å²) in [7, 11) is 0. The molecule has 0 saturated heterocycles. The molecule has 0 heterocycles. The van der Waals surface area contributed by atoms with Crippen LogP contribution in [0.5, 0.6) is 0 Å². The molecule has 13 heavy (non-hydrogen) atoms. The van der Waals surface area contributed by atoms with Crippen molar-refractivity contribution in [1.29, 1.82) is 0 Å². The Morgan fingerprint density at radius 1 is 1.08 bits per heavy atom. The van der Waals surface area contributed by atoms with Gasteiger partial charge >= 0.3 is 0 Å². The molecule has 0 N–H and O–H groups in total. The number of rotatable bonds is 1. The molecule has 2 rings (SSSR count). The molecular weight excluding hydrogens is 156 g/mol. The molecular formula is C13H20. The maximum Gasteiger partial charge on any atom is -0.0228 e. The zero-order chi connectivity index (χ0) is 8.93. The van der Waals surface area contributed by atoms with E-state index in [-0.39, 0.29) is 0 Å². The van der Waals surface area contributed by atoms with Crippen LogP contribution in [-0.2, 0) is 0 Å².